The van der Waals surface area contributed by atoms with E-state index in [1.54, 1.807) is 0 Å². The molecule has 1 fully saturated rings. The van der Waals surface area contributed by atoms with Crippen LogP contribution in [-0.2, 0) is 11.4 Å². The Bertz CT molecular complexity index is 1230. The molecule has 0 aliphatic heterocycles. The highest BCUT2D eigenvalue weighted by Crippen LogP contribution is 2.42. The lowest BCUT2D eigenvalue weighted by atomic mass is 9.81. The SMILES string of the molecule is O=C(O)C(c1ccc(OCc2ccc3ccccc3n2)cc1-c1cc[nH]c1)C1CCCC1. The number of fused-ring (bicyclic) bond motifs is 1. The van der Waals surface area contributed by atoms with Crippen LogP contribution in [0.5, 0.6) is 5.75 Å². The molecule has 162 valence electrons. The quantitative estimate of drug-likeness (QED) is 0.371. The van der Waals surface area contributed by atoms with Crippen LogP contribution in [0.25, 0.3) is 22.0 Å². The first-order chi connectivity index (χ1) is 15.7. The topological polar surface area (TPSA) is 75.2 Å². The first kappa shape index (κ1) is 20.3. The summed E-state index contributed by atoms with van der Waals surface area (Å²) < 4.78 is 6.08. The molecule has 5 rings (SSSR count). The maximum absolute atomic E-state index is 12.3. The van der Waals surface area contributed by atoms with Crippen molar-refractivity contribution < 1.29 is 14.6 Å². The molecule has 2 aromatic heterocycles. The summed E-state index contributed by atoms with van der Waals surface area (Å²) in [5.74, 6) is -0.365. The van der Waals surface area contributed by atoms with Gasteiger partial charge in [0.05, 0.1) is 17.1 Å². The molecule has 4 aromatic rings. The lowest BCUT2D eigenvalue weighted by Gasteiger charge is -2.23. The van der Waals surface area contributed by atoms with E-state index >= 15 is 0 Å². The number of H-pyrrole nitrogens is 1. The van der Waals surface area contributed by atoms with E-state index in [2.05, 4.69) is 16.0 Å². The fourth-order valence-corrected chi connectivity index (χ4v) is 4.86. The number of benzene rings is 2. The molecule has 0 radical (unpaired) electrons. The fourth-order valence-electron chi connectivity index (χ4n) is 4.86. The molecule has 1 aliphatic carbocycles. The standard InChI is InChI=1S/C27H26N2O3/c30-27(31)26(19-6-1-2-7-19)23-12-11-22(15-24(23)20-13-14-28-16-20)32-17-21-10-9-18-5-3-4-8-25(18)29-21/h3-5,8-16,19,26,28H,1-2,6-7,17H2,(H,30,31). The van der Waals surface area contributed by atoms with Crippen LogP contribution in [0.4, 0.5) is 0 Å². The van der Waals surface area contributed by atoms with Crippen LogP contribution in [0.15, 0.2) is 73.1 Å². The largest absolute Gasteiger partial charge is 0.487 e. The van der Waals surface area contributed by atoms with Gasteiger partial charge >= 0.3 is 5.97 Å². The molecule has 2 aromatic carbocycles. The number of nitrogens with one attached hydrogen (secondary N) is 1. The Balaban J connectivity index is 1.44. The normalized spacial score (nSPS) is 15.1. The zero-order valence-corrected chi connectivity index (χ0v) is 17.8. The summed E-state index contributed by atoms with van der Waals surface area (Å²) in [4.78, 5) is 20.0. The summed E-state index contributed by atoms with van der Waals surface area (Å²) >= 11 is 0. The number of rotatable bonds is 7. The third-order valence-corrected chi connectivity index (χ3v) is 6.45. The van der Waals surface area contributed by atoms with Crippen molar-refractivity contribution in [3.63, 3.8) is 0 Å². The van der Waals surface area contributed by atoms with E-state index in [1.165, 1.54) is 0 Å². The molecule has 1 atom stereocenters. The minimum absolute atomic E-state index is 0.179. The number of aliphatic carboxylic acids is 1. The molecule has 32 heavy (non-hydrogen) atoms. The zero-order valence-electron chi connectivity index (χ0n) is 17.8. The van der Waals surface area contributed by atoms with E-state index in [9.17, 15) is 9.90 Å². The first-order valence-corrected chi connectivity index (χ1v) is 11.2. The van der Waals surface area contributed by atoms with E-state index in [1.807, 2.05) is 67.0 Å². The molecule has 2 N–H and O–H groups in total. The van der Waals surface area contributed by atoms with Crippen molar-refractivity contribution in [2.75, 3.05) is 0 Å². The minimum atomic E-state index is -0.747. The Kier molecular flexibility index (Phi) is 5.63. The van der Waals surface area contributed by atoms with Crippen LogP contribution in [0.2, 0.25) is 0 Å². The van der Waals surface area contributed by atoms with Gasteiger partial charge in [0.15, 0.2) is 0 Å². The molecular formula is C27H26N2O3. The van der Waals surface area contributed by atoms with Crippen LogP contribution in [0.3, 0.4) is 0 Å². The number of para-hydroxylation sites is 1. The van der Waals surface area contributed by atoms with Gasteiger partial charge in [0.2, 0.25) is 0 Å². The Morgan fingerprint density at radius 2 is 1.94 bits per heavy atom. The van der Waals surface area contributed by atoms with Gasteiger partial charge in [0.1, 0.15) is 12.4 Å². The third kappa shape index (κ3) is 4.11. The summed E-state index contributed by atoms with van der Waals surface area (Å²) in [6.07, 6.45) is 7.91. The second-order valence-electron chi connectivity index (χ2n) is 8.49. The highest BCUT2D eigenvalue weighted by molar-refractivity contribution is 5.82. The van der Waals surface area contributed by atoms with Crippen molar-refractivity contribution in [1.82, 2.24) is 9.97 Å². The van der Waals surface area contributed by atoms with Crippen molar-refractivity contribution in [2.45, 2.75) is 38.2 Å². The molecule has 5 nitrogen and oxygen atoms in total. The van der Waals surface area contributed by atoms with Gasteiger partial charge in [0, 0.05) is 17.8 Å². The average Bonchev–Trinajstić information content (AvgIpc) is 3.53. The van der Waals surface area contributed by atoms with Crippen LogP contribution in [-0.4, -0.2) is 21.0 Å². The van der Waals surface area contributed by atoms with Crippen LogP contribution in [0.1, 0.15) is 42.9 Å². The Labute approximate surface area is 187 Å². The van der Waals surface area contributed by atoms with Crippen LogP contribution < -0.4 is 4.74 Å². The molecule has 1 aliphatic rings. The van der Waals surface area contributed by atoms with E-state index in [0.717, 1.165) is 59.0 Å². The molecule has 1 unspecified atom stereocenters. The molecule has 1 saturated carbocycles. The van der Waals surface area contributed by atoms with Gasteiger partial charge in [-0.05, 0) is 65.8 Å². The van der Waals surface area contributed by atoms with Gasteiger partial charge in [-0.3, -0.25) is 4.79 Å². The Morgan fingerprint density at radius 3 is 2.72 bits per heavy atom. The summed E-state index contributed by atoms with van der Waals surface area (Å²) in [5.41, 5.74) is 4.54. The van der Waals surface area contributed by atoms with E-state index in [4.69, 9.17) is 4.74 Å². The summed E-state index contributed by atoms with van der Waals surface area (Å²) in [5, 5.41) is 11.2. The number of ether oxygens (including phenoxy) is 1. The average molecular weight is 427 g/mol. The number of carboxylic acid groups (broad SMARTS) is 1. The zero-order chi connectivity index (χ0) is 21.9. The predicted molar refractivity (Wildman–Crippen MR) is 125 cm³/mol. The van der Waals surface area contributed by atoms with E-state index in [0.29, 0.717) is 12.4 Å². The van der Waals surface area contributed by atoms with Crippen LogP contribution in [0, 0.1) is 5.92 Å². The van der Waals surface area contributed by atoms with Crippen molar-refractivity contribution in [3.8, 4) is 16.9 Å². The summed E-state index contributed by atoms with van der Waals surface area (Å²) in [6.45, 7) is 0.349. The van der Waals surface area contributed by atoms with E-state index in [-0.39, 0.29) is 5.92 Å². The van der Waals surface area contributed by atoms with Crippen molar-refractivity contribution in [1.29, 1.82) is 0 Å². The van der Waals surface area contributed by atoms with Crippen molar-refractivity contribution in [3.05, 3.63) is 84.3 Å². The lowest BCUT2D eigenvalue weighted by Crippen LogP contribution is -2.20. The van der Waals surface area contributed by atoms with Gasteiger partial charge in [-0.15, -0.1) is 0 Å². The molecule has 2 heterocycles. The fraction of sp³-hybridized carbons (Fsp3) is 0.259. The molecule has 0 amide bonds. The minimum Gasteiger partial charge on any atom is -0.487 e. The predicted octanol–water partition coefficient (Wildman–Crippen LogP) is 6.17. The number of carbonyl (C=O) groups is 1. The number of hydrogen-bond acceptors (Lipinski definition) is 3. The summed E-state index contributed by atoms with van der Waals surface area (Å²) in [6, 6.07) is 19.8. The second kappa shape index (κ2) is 8.87. The monoisotopic (exact) mass is 426 g/mol. The van der Waals surface area contributed by atoms with Gasteiger partial charge in [0.25, 0.3) is 0 Å². The maximum atomic E-state index is 12.3. The number of carboxylic acids is 1. The number of hydrogen-bond donors (Lipinski definition) is 2. The highest BCUT2D eigenvalue weighted by atomic mass is 16.5. The molecule has 0 spiro atoms. The van der Waals surface area contributed by atoms with Crippen molar-refractivity contribution >= 4 is 16.9 Å². The molecule has 0 bridgehead atoms. The molecule has 0 saturated heterocycles. The highest BCUT2D eigenvalue weighted by Gasteiger charge is 2.33. The first-order valence-electron chi connectivity index (χ1n) is 11.2. The summed E-state index contributed by atoms with van der Waals surface area (Å²) in [7, 11) is 0. The molecular weight excluding hydrogens is 400 g/mol. The number of aromatic amines is 1. The number of pyridine rings is 1. The van der Waals surface area contributed by atoms with Crippen LogP contribution >= 0.6 is 0 Å². The molecule has 5 heteroatoms. The lowest BCUT2D eigenvalue weighted by molar-refractivity contribution is -0.140. The Hall–Kier alpha value is -3.60. The van der Waals surface area contributed by atoms with Gasteiger partial charge in [-0.25, -0.2) is 4.98 Å². The van der Waals surface area contributed by atoms with Gasteiger partial charge in [-0.2, -0.15) is 0 Å². The maximum Gasteiger partial charge on any atom is 0.311 e. The van der Waals surface area contributed by atoms with Crippen molar-refractivity contribution in [2.24, 2.45) is 5.92 Å². The Morgan fingerprint density at radius 1 is 1.09 bits per heavy atom. The second-order valence-corrected chi connectivity index (χ2v) is 8.49. The van der Waals surface area contributed by atoms with Gasteiger partial charge in [-0.1, -0.05) is 43.2 Å². The van der Waals surface area contributed by atoms with Gasteiger partial charge < -0.3 is 14.8 Å². The number of aromatic nitrogens is 2. The van der Waals surface area contributed by atoms with E-state index < -0.39 is 11.9 Å². The smallest absolute Gasteiger partial charge is 0.311 e. The third-order valence-electron chi connectivity index (χ3n) is 6.45. The number of nitrogens with zero attached hydrogens (tertiary/aromatic N) is 1.